The third-order valence-corrected chi connectivity index (χ3v) is 5.74. The van der Waals surface area contributed by atoms with Gasteiger partial charge in [-0.05, 0) is 36.4 Å². The monoisotopic (exact) mass is 462 g/mol. The Bertz CT molecular complexity index is 1430. The molecule has 0 bridgehead atoms. The molecule has 3 aromatic carbocycles. The number of rotatable bonds is 6. The lowest BCUT2D eigenvalue weighted by Crippen LogP contribution is -2.33. The molecule has 6 nitrogen and oxygen atoms in total. The van der Waals surface area contributed by atoms with Crippen LogP contribution in [0.1, 0.15) is 0 Å². The van der Waals surface area contributed by atoms with E-state index >= 15 is 0 Å². The summed E-state index contributed by atoms with van der Waals surface area (Å²) in [6, 6.07) is 20.1. The highest BCUT2D eigenvalue weighted by Gasteiger charge is 2.20. The molecule has 4 aromatic rings. The van der Waals surface area contributed by atoms with Gasteiger partial charge < -0.3 is 0 Å². The SMILES string of the molecule is N#CCN(C(=O)CSc1nc2ccccc2c(=O)n1-c1ccc(F)cc1F)c1ccccc1. The van der Waals surface area contributed by atoms with Crippen molar-refractivity contribution >= 4 is 34.3 Å². The normalized spacial score (nSPS) is 10.7. The van der Waals surface area contributed by atoms with E-state index in [-0.39, 0.29) is 34.4 Å². The Kier molecular flexibility index (Phi) is 6.47. The van der Waals surface area contributed by atoms with Gasteiger partial charge >= 0.3 is 0 Å². The smallest absolute Gasteiger partial charge is 0.266 e. The Hall–Kier alpha value is -4.03. The first-order valence-corrected chi connectivity index (χ1v) is 10.8. The number of benzene rings is 3. The third-order valence-electron chi connectivity index (χ3n) is 4.82. The number of anilines is 1. The van der Waals surface area contributed by atoms with Gasteiger partial charge in [-0.15, -0.1) is 0 Å². The number of halogens is 2. The molecular formula is C24H16F2N4O2S. The number of carbonyl (C=O) groups is 1. The number of para-hydroxylation sites is 2. The molecule has 9 heteroatoms. The molecule has 1 heterocycles. The first-order valence-electron chi connectivity index (χ1n) is 9.82. The summed E-state index contributed by atoms with van der Waals surface area (Å²) in [6.45, 7) is -0.159. The van der Waals surface area contributed by atoms with Crippen molar-refractivity contribution in [1.29, 1.82) is 5.26 Å². The van der Waals surface area contributed by atoms with Crippen molar-refractivity contribution in [2.75, 3.05) is 17.2 Å². The van der Waals surface area contributed by atoms with Crippen molar-refractivity contribution in [3.05, 3.63) is 94.8 Å². The van der Waals surface area contributed by atoms with E-state index in [9.17, 15) is 18.4 Å². The summed E-state index contributed by atoms with van der Waals surface area (Å²) in [7, 11) is 0. The number of thioether (sulfide) groups is 1. The van der Waals surface area contributed by atoms with Crippen molar-refractivity contribution in [3.8, 4) is 11.8 Å². The molecule has 0 N–H and O–H groups in total. The maximum atomic E-state index is 14.6. The molecule has 0 fully saturated rings. The van der Waals surface area contributed by atoms with E-state index in [0.29, 0.717) is 17.3 Å². The first kappa shape index (κ1) is 22.2. The van der Waals surface area contributed by atoms with Crippen LogP contribution in [-0.4, -0.2) is 27.8 Å². The van der Waals surface area contributed by atoms with Gasteiger partial charge in [0.2, 0.25) is 5.91 Å². The maximum Gasteiger partial charge on any atom is 0.266 e. The molecule has 0 unspecified atom stereocenters. The van der Waals surface area contributed by atoms with Crippen molar-refractivity contribution < 1.29 is 13.6 Å². The molecule has 0 atom stereocenters. The molecule has 4 rings (SSSR count). The second-order valence-corrected chi connectivity index (χ2v) is 7.85. The number of nitriles is 1. The highest BCUT2D eigenvalue weighted by Crippen LogP contribution is 2.24. The molecule has 0 aliphatic carbocycles. The van der Waals surface area contributed by atoms with Crippen LogP contribution in [0, 0.1) is 23.0 Å². The number of amides is 1. The zero-order valence-electron chi connectivity index (χ0n) is 17.1. The minimum Gasteiger partial charge on any atom is -0.298 e. The maximum absolute atomic E-state index is 14.6. The number of hydrogen-bond donors (Lipinski definition) is 0. The Balaban J connectivity index is 1.75. The Morgan fingerprint density at radius 2 is 1.79 bits per heavy atom. The summed E-state index contributed by atoms with van der Waals surface area (Å²) in [5.41, 5.74) is 0.218. The number of carbonyl (C=O) groups excluding carboxylic acids is 1. The van der Waals surface area contributed by atoms with Crippen LogP contribution < -0.4 is 10.5 Å². The van der Waals surface area contributed by atoms with Gasteiger partial charge in [-0.25, -0.2) is 13.8 Å². The lowest BCUT2D eigenvalue weighted by Gasteiger charge is -2.20. The highest BCUT2D eigenvalue weighted by molar-refractivity contribution is 7.99. The molecule has 0 saturated carbocycles. The molecule has 1 aromatic heterocycles. The molecule has 0 aliphatic heterocycles. The van der Waals surface area contributed by atoms with Gasteiger partial charge in [0, 0.05) is 11.8 Å². The third kappa shape index (κ3) is 4.61. The molecule has 164 valence electrons. The van der Waals surface area contributed by atoms with Crippen molar-refractivity contribution in [2.24, 2.45) is 0 Å². The van der Waals surface area contributed by atoms with Crippen LogP contribution in [0.5, 0.6) is 0 Å². The molecule has 1 amide bonds. The van der Waals surface area contributed by atoms with Crippen LogP contribution in [0.3, 0.4) is 0 Å². The van der Waals surface area contributed by atoms with Crippen LogP contribution in [-0.2, 0) is 4.79 Å². The van der Waals surface area contributed by atoms with E-state index in [1.165, 1.54) is 4.90 Å². The average molecular weight is 462 g/mol. The predicted molar refractivity (Wildman–Crippen MR) is 122 cm³/mol. The first-order chi connectivity index (χ1) is 16.0. The molecule has 0 aliphatic rings. The number of fused-ring (bicyclic) bond motifs is 1. The van der Waals surface area contributed by atoms with E-state index in [0.717, 1.165) is 28.5 Å². The van der Waals surface area contributed by atoms with Crippen LogP contribution >= 0.6 is 11.8 Å². The minimum absolute atomic E-state index is 0.0718. The minimum atomic E-state index is -0.933. The van der Waals surface area contributed by atoms with Crippen LogP contribution in [0.25, 0.3) is 16.6 Å². The lowest BCUT2D eigenvalue weighted by molar-refractivity contribution is -0.116. The molecule has 33 heavy (non-hydrogen) atoms. The number of aromatic nitrogens is 2. The van der Waals surface area contributed by atoms with Gasteiger partial charge in [-0.2, -0.15) is 5.26 Å². The fourth-order valence-electron chi connectivity index (χ4n) is 3.29. The molecule has 0 radical (unpaired) electrons. The average Bonchev–Trinajstić information content (AvgIpc) is 2.82. The Morgan fingerprint density at radius 3 is 2.52 bits per heavy atom. The van der Waals surface area contributed by atoms with E-state index in [4.69, 9.17) is 5.26 Å². The Labute approximate surface area is 191 Å². The fraction of sp³-hybridized carbons (Fsp3) is 0.0833. The van der Waals surface area contributed by atoms with E-state index in [1.54, 1.807) is 54.6 Å². The second-order valence-electron chi connectivity index (χ2n) is 6.91. The van der Waals surface area contributed by atoms with Crippen molar-refractivity contribution in [3.63, 3.8) is 0 Å². The van der Waals surface area contributed by atoms with Crippen molar-refractivity contribution in [1.82, 2.24) is 9.55 Å². The predicted octanol–water partition coefficient (Wildman–Crippen LogP) is 4.31. The molecule has 0 saturated heterocycles. The van der Waals surface area contributed by atoms with Gasteiger partial charge in [-0.1, -0.05) is 42.1 Å². The fourth-order valence-corrected chi connectivity index (χ4v) is 4.17. The summed E-state index contributed by atoms with van der Waals surface area (Å²) >= 11 is 0.932. The summed E-state index contributed by atoms with van der Waals surface area (Å²) in [4.78, 5) is 31.9. The number of hydrogen-bond acceptors (Lipinski definition) is 5. The van der Waals surface area contributed by atoms with E-state index in [2.05, 4.69) is 4.98 Å². The summed E-state index contributed by atoms with van der Waals surface area (Å²) in [6.07, 6.45) is 0. The molecule has 0 spiro atoms. The quantitative estimate of drug-likeness (QED) is 0.242. The van der Waals surface area contributed by atoms with Gasteiger partial charge in [0.15, 0.2) is 5.16 Å². The lowest BCUT2D eigenvalue weighted by atomic mass is 10.2. The van der Waals surface area contributed by atoms with Crippen molar-refractivity contribution in [2.45, 2.75) is 5.16 Å². The topological polar surface area (TPSA) is 79.0 Å². The summed E-state index contributed by atoms with van der Waals surface area (Å²) in [5.74, 6) is -2.26. The van der Waals surface area contributed by atoms with Gasteiger partial charge in [0.25, 0.3) is 5.56 Å². The van der Waals surface area contributed by atoms with E-state index in [1.807, 2.05) is 6.07 Å². The van der Waals surface area contributed by atoms with Gasteiger partial charge in [0.1, 0.15) is 18.2 Å². The standard InChI is InChI=1S/C24H16F2N4O2S/c25-16-10-11-21(19(26)14-16)30-23(32)18-8-4-5-9-20(18)28-24(30)33-15-22(31)29(13-12-27)17-6-2-1-3-7-17/h1-11,14H,13,15H2. The summed E-state index contributed by atoms with van der Waals surface area (Å²) < 4.78 is 29.1. The summed E-state index contributed by atoms with van der Waals surface area (Å²) in [5, 5.41) is 9.48. The molecular weight excluding hydrogens is 446 g/mol. The second kappa shape index (κ2) is 9.63. The Morgan fingerprint density at radius 1 is 1.06 bits per heavy atom. The van der Waals surface area contributed by atoms with Crippen LogP contribution in [0.2, 0.25) is 0 Å². The zero-order valence-corrected chi connectivity index (χ0v) is 17.9. The van der Waals surface area contributed by atoms with Crippen LogP contribution in [0.15, 0.2) is 82.7 Å². The number of nitrogens with zero attached hydrogens (tertiary/aromatic N) is 4. The largest absolute Gasteiger partial charge is 0.298 e. The van der Waals surface area contributed by atoms with Crippen LogP contribution in [0.4, 0.5) is 14.5 Å². The van der Waals surface area contributed by atoms with Gasteiger partial charge in [0.05, 0.1) is 28.4 Å². The van der Waals surface area contributed by atoms with Gasteiger partial charge in [-0.3, -0.25) is 19.1 Å². The highest BCUT2D eigenvalue weighted by atomic mass is 32.2. The zero-order chi connectivity index (χ0) is 23.4. The van der Waals surface area contributed by atoms with E-state index < -0.39 is 17.2 Å².